The molecule has 3 rings (SSSR count). The van der Waals surface area contributed by atoms with E-state index in [4.69, 9.17) is 0 Å². The Kier molecular flexibility index (Phi) is 6.89. The molecule has 0 fully saturated rings. The van der Waals surface area contributed by atoms with Crippen LogP contribution in [-0.4, -0.2) is 9.97 Å². The molecule has 33 heavy (non-hydrogen) atoms. The molecule has 0 bridgehead atoms. The molecule has 2 aromatic carbocycles. The molecule has 0 atom stereocenters. The SMILES string of the molecule is CCCCc1cnc(-c2ccc(C(F)(F)Oc3cc(F)c(C(F)(F)F)c(F)c3)c(F)c2)nc1. The molecule has 0 radical (unpaired) electrons. The first-order valence-electron chi connectivity index (χ1n) is 9.66. The van der Waals surface area contributed by atoms with Crippen molar-refractivity contribution in [2.45, 2.75) is 38.5 Å². The largest absolute Gasteiger partial charge is 0.429 e. The molecule has 1 heterocycles. The van der Waals surface area contributed by atoms with Gasteiger partial charge in [-0.25, -0.2) is 23.1 Å². The number of hydrogen-bond acceptors (Lipinski definition) is 3. The number of hydrogen-bond donors (Lipinski definition) is 0. The zero-order valence-corrected chi connectivity index (χ0v) is 17.0. The standard InChI is InChI=1S/C22H16F8N2O/c1-2-3-4-12-10-31-20(32-11-12)13-5-6-15(16(23)7-13)22(29,30)33-14-8-17(24)19(18(25)9-14)21(26,27)28/h5-11H,2-4H2,1H3. The first kappa shape index (κ1) is 24.4. The molecule has 0 saturated heterocycles. The van der Waals surface area contributed by atoms with Crippen molar-refractivity contribution in [1.29, 1.82) is 0 Å². The summed E-state index contributed by atoms with van der Waals surface area (Å²) < 4.78 is 113. The van der Waals surface area contributed by atoms with Crippen molar-refractivity contribution in [3.05, 3.63) is 76.9 Å². The summed E-state index contributed by atoms with van der Waals surface area (Å²) in [6.45, 7) is 2.02. The molecule has 0 N–H and O–H groups in total. The molecule has 0 aliphatic rings. The highest BCUT2D eigenvalue weighted by Crippen LogP contribution is 2.39. The second kappa shape index (κ2) is 9.32. The van der Waals surface area contributed by atoms with Gasteiger partial charge in [-0.3, -0.25) is 0 Å². The van der Waals surface area contributed by atoms with Crippen LogP contribution in [0.5, 0.6) is 5.75 Å². The summed E-state index contributed by atoms with van der Waals surface area (Å²) >= 11 is 0. The fourth-order valence-electron chi connectivity index (χ4n) is 2.99. The minimum Gasteiger partial charge on any atom is -0.429 e. The number of unbranched alkanes of at least 4 members (excludes halogenated alkanes) is 1. The Morgan fingerprint density at radius 1 is 0.848 bits per heavy atom. The highest BCUT2D eigenvalue weighted by molar-refractivity contribution is 5.55. The van der Waals surface area contributed by atoms with Gasteiger partial charge in [0.15, 0.2) is 5.82 Å². The summed E-state index contributed by atoms with van der Waals surface area (Å²) in [5.74, 6) is -6.91. The van der Waals surface area contributed by atoms with Gasteiger partial charge in [-0.05, 0) is 30.5 Å². The molecule has 0 aliphatic carbocycles. The van der Waals surface area contributed by atoms with Crippen LogP contribution in [0.15, 0.2) is 42.7 Å². The van der Waals surface area contributed by atoms with Crippen molar-refractivity contribution in [3.63, 3.8) is 0 Å². The number of aryl methyl sites for hydroxylation is 1. The molecular weight excluding hydrogens is 460 g/mol. The van der Waals surface area contributed by atoms with Crippen LogP contribution in [0.3, 0.4) is 0 Å². The minimum absolute atomic E-state index is 0.0555. The smallest absolute Gasteiger partial charge is 0.429 e. The maximum absolute atomic E-state index is 14.4. The molecule has 0 amide bonds. The van der Waals surface area contributed by atoms with Crippen LogP contribution in [0.25, 0.3) is 11.4 Å². The van der Waals surface area contributed by atoms with Crippen LogP contribution >= 0.6 is 0 Å². The molecule has 3 nitrogen and oxygen atoms in total. The van der Waals surface area contributed by atoms with Gasteiger partial charge < -0.3 is 4.74 Å². The second-order valence-corrected chi connectivity index (χ2v) is 7.09. The average Bonchev–Trinajstić information content (AvgIpc) is 2.70. The number of nitrogens with zero attached hydrogens (tertiary/aromatic N) is 2. The minimum atomic E-state index is -5.38. The zero-order chi connectivity index (χ0) is 24.4. The number of ether oxygens (including phenoxy) is 1. The van der Waals surface area contributed by atoms with Gasteiger partial charge in [-0.2, -0.15) is 22.0 Å². The Hall–Kier alpha value is -3.24. The summed E-state index contributed by atoms with van der Waals surface area (Å²) in [6.07, 6.45) is -4.12. The summed E-state index contributed by atoms with van der Waals surface area (Å²) in [4.78, 5) is 8.16. The molecule has 1 aromatic heterocycles. The van der Waals surface area contributed by atoms with Gasteiger partial charge >= 0.3 is 12.3 Å². The van der Waals surface area contributed by atoms with Crippen molar-refractivity contribution in [1.82, 2.24) is 9.97 Å². The van der Waals surface area contributed by atoms with Crippen LogP contribution in [0.2, 0.25) is 0 Å². The van der Waals surface area contributed by atoms with Gasteiger partial charge in [0.2, 0.25) is 0 Å². The number of aromatic nitrogens is 2. The highest BCUT2D eigenvalue weighted by atomic mass is 19.4. The van der Waals surface area contributed by atoms with Crippen LogP contribution in [0.4, 0.5) is 35.1 Å². The van der Waals surface area contributed by atoms with E-state index in [9.17, 15) is 35.1 Å². The quantitative estimate of drug-likeness (QED) is 0.343. The van der Waals surface area contributed by atoms with Crippen molar-refractivity contribution in [2.75, 3.05) is 0 Å². The number of benzene rings is 2. The molecule has 3 aromatic rings. The predicted octanol–water partition coefficient (Wildman–Crippen LogP) is 7.05. The maximum atomic E-state index is 14.4. The van der Waals surface area contributed by atoms with Crippen molar-refractivity contribution in [3.8, 4) is 17.1 Å². The van der Waals surface area contributed by atoms with E-state index >= 15 is 0 Å². The van der Waals surface area contributed by atoms with Crippen molar-refractivity contribution in [2.24, 2.45) is 0 Å². The third kappa shape index (κ3) is 5.58. The van der Waals surface area contributed by atoms with E-state index in [0.29, 0.717) is 6.07 Å². The first-order chi connectivity index (χ1) is 15.4. The predicted molar refractivity (Wildman–Crippen MR) is 102 cm³/mol. The molecule has 0 saturated carbocycles. The van der Waals surface area contributed by atoms with Gasteiger partial charge in [0.25, 0.3) is 0 Å². The van der Waals surface area contributed by atoms with E-state index in [-0.39, 0.29) is 23.5 Å². The summed E-state index contributed by atoms with van der Waals surface area (Å²) in [5.41, 5.74) is -2.62. The molecule has 176 valence electrons. The zero-order valence-electron chi connectivity index (χ0n) is 17.0. The fraction of sp³-hybridized carbons (Fsp3) is 0.273. The maximum Gasteiger partial charge on any atom is 0.429 e. The van der Waals surface area contributed by atoms with E-state index in [0.717, 1.165) is 37.0 Å². The first-order valence-corrected chi connectivity index (χ1v) is 9.66. The lowest BCUT2D eigenvalue weighted by molar-refractivity contribution is -0.187. The monoisotopic (exact) mass is 476 g/mol. The Bertz CT molecular complexity index is 1110. The lowest BCUT2D eigenvalue weighted by atomic mass is 10.1. The topological polar surface area (TPSA) is 35.0 Å². The van der Waals surface area contributed by atoms with Crippen LogP contribution in [0.1, 0.15) is 36.5 Å². The fourth-order valence-corrected chi connectivity index (χ4v) is 2.99. The third-order valence-electron chi connectivity index (χ3n) is 4.61. The summed E-state index contributed by atoms with van der Waals surface area (Å²) in [6, 6.07) is 2.36. The van der Waals surface area contributed by atoms with Gasteiger partial charge in [-0.15, -0.1) is 0 Å². The Labute approximate surface area is 183 Å². The Morgan fingerprint density at radius 2 is 1.45 bits per heavy atom. The van der Waals surface area contributed by atoms with Crippen LogP contribution < -0.4 is 4.74 Å². The Balaban J connectivity index is 1.84. The summed E-state index contributed by atoms with van der Waals surface area (Å²) in [7, 11) is 0. The third-order valence-corrected chi connectivity index (χ3v) is 4.61. The number of rotatable bonds is 7. The van der Waals surface area contributed by atoms with Gasteiger partial charge in [0, 0.05) is 30.1 Å². The molecule has 11 heteroatoms. The summed E-state index contributed by atoms with van der Waals surface area (Å²) in [5, 5.41) is 0. The van der Waals surface area contributed by atoms with Crippen LogP contribution in [-0.2, 0) is 18.7 Å². The van der Waals surface area contributed by atoms with Gasteiger partial charge in [0.1, 0.15) is 28.8 Å². The number of alkyl halides is 5. The lowest BCUT2D eigenvalue weighted by Crippen LogP contribution is -2.24. The van der Waals surface area contributed by atoms with E-state index in [1.165, 1.54) is 12.4 Å². The average molecular weight is 476 g/mol. The molecular formula is C22H16F8N2O. The van der Waals surface area contributed by atoms with Gasteiger partial charge in [0.05, 0.1) is 5.56 Å². The van der Waals surface area contributed by atoms with Gasteiger partial charge in [-0.1, -0.05) is 19.4 Å². The van der Waals surface area contributed by atoms with E-state index in [1.54, 1.807) is 0 Å². The molecule has 0 unspecified atom stereocenters. The van der Waals surface area contributed by atoms with Crippen molar-refractivity contribution < 1.29 is 39.9 Å². The lowest BCUT2D eigenvalue weighted by Gasteiger charge is -2.20. The number of halogens is 8. The molecule has 0 spiro atoms. The van der Waals surface area contributed by atoms with E-state index < -0.39 is 46.6 Å². The van der Waals surface area contributed by atoms with E-state index in [1.807, 2.05) is 6.92 Å². The Morgan fingerprint density at radius 3 is 1.97 bits per heavy atom. The van der Waals surface area contributed by atoms with E-state index in [2.05, 4.69) is 14.7 Å². The second-order valence-electron chi connectivity index (χ2n) is 7.09. The highest BCUT2D eigenvalue weighted by Gasteiger charge is 2.41. The van der Waals surface area contributed by atoms with Crippen LogP contribution in [0, 0.1) is 17.5 Å². The normalized spacial score (nSPS) is 12.2. The van der Waals surface area contributed by atoms with Crippen molar-refractivity contribution >= 4 is 0 Å². The molecule has 0 aliphatic heterocycles.